The SMILES string of the molecule is C=C(C)/C(=C/CC=C(C)C)CC.CC. The third kappa shape index (κ3) is 9.31. The quantitative estimate of drug-likeness (QED) is 0.422. The summed E-state index contributed by atoms with van der Waals surface area (Å²) in [7, 11) is 0. The Morgan fingerprint density at radius 3 is 1.86 bits per heavy atom. The summed E-state index contributed by atoms with van der Waals surface area (Å²) in [5, 5.41) is 0. The predicted molar refractivity (Wildman–Crippen MR) is 68.6 cm³/mol. The van der Waals surface area contributed by atoms with Crippen LogP contribution in [-0.2, 0) is 0 Å². The van der Waals surface area contributed by atoms with Crippen LogP contribution in [0.25, 0.3) is 0 Å². The second-order valence-corrected chi connectivity index (χ2v) is 3.38. The van der Waals surface area contributed by atoms with Crippen molar-refractivity contribution < 1.29 is 0 Å². The molecule has 82 valence electrons. The molecule has 0 saturated heterocycles. The maximum Gasteiger partial charge on any atom is -0.0161 e. The van der Waals surface area contributed by atoms with Crippen molar-refractivity contribution in [3.8, 4) is 0 Å². The van der Waals surface area contributed by atoms with Crippen LogP contribution in [0, 0.1) is 0 Å². The molecule has 0 aliphatic rings. The van der Waals surface area contributed by atoms with Gasteiger partial charge in [-0.05, 0) is 39.2 Å². The summed E-state index contributed by atoms with van der Waals surface area (Å²) in [6.07, 6.45) is 6.62. The van der Waals surface area contributed by atoms with Gasteiger partial charge in [0, 0.05) is 0 Å². The molecule has 0 nitrogen and oxygen atoms in total. The van der Waals surface area contributed by atoms with Crippen LogP contribution in [-0.4, -0.2) is 0 Å². The topological polar surface area (TPSA) is 0 Å². The Labute approximate surface area is 90.4 Å². The van der Waals surface area contributed by atoms with Crippen molar-refractivity contribution >= 4 is 0 Å². The van der Waals surface area contributed by atoms with Gasteiger partial charge in [-0.3, -0.25) is 0 Å². The van der Waals surface area contributed by atoms with E-state index in [0.717, 1.165) is 12.8 Å². The summed E-state index contributed by atoms with van der Waals surface area (Å²) in [6, 6.07) is 0. The molecule has 0 heteroatoms. The molecule has 0 amide bonds. The minimum atomic E-state index is 1.04. The fourth-order valence-electron chi connectivity index (χ4n) is 1.06. The van der Waals surface area contributed by atoms with E-state index < -0.39 is 0 Å². The lowest BCUT2D eigenvalue weighted by Gasteiger charge is -2.01. The summed E-state index contributed by atoms with van der Waals surface area (Å²) in [5.74, 6) is 0. The van der Waals surface area contributed by atoms with Crippen molar-refractivity contribution in [3.05, 3.63) is 35.5 Å². The lowest BCUT2D eigenvalue weighted by Crippen LogP contribution is -1.81. The Morgan fingerprint density at radius 2 is 1.57 bits per heavy atom. The van der Waals surface area contributed by atoms with Crippen LogP contribution >= 0.6 is 0 Å². The second kappa shape index (κ2) is 10.3. The van der Waals surface area contributed by atoms with Crippen LogP contribution < -0.4 is 0 Å². The molecule has 14 heavy (non-hydrogen) atoms. The zero-order chi connectivity index (χ0) is 11.6. The molecular weight excluding hydrogens is 168 g/mol. The van der Waals surface area contributed by atoms with Crippen LogP contribution in [0.4, 0.5) is 0 Å². The van der Waals surface area contributed by atoms with E-state index in [1.807, 2.05) is 13.8 Å². The summed E-state index contributed by atoms with van der Waals surface area (Å²) < 4.78 is 0. The smallest absolute Gasteiger partial charge is 0.0161 e. The molecule has 0 atom stereocenters. The summed E-state index contributed by atoms with van der Waals surface area (Å²) in [5.41, 5.74) is 3.95. The molecule has 0 radical (unpaired) electrons. The van der Waals surface area contributed by atoms with Gasteiger partial charge in [0.25, 0.3) is 0 Å². The molecular formula is C14H26. The first kappa shape index (κ1) is 15.7. The van der Waals surface area contributed by atoms with Crippen molar-refractivity contribution in [2.24, 2.45) is 0 Å². The molecule has 0 unspecified atom stereocenters. The van der Waals surface area contributed by atoms with Crippen molar-refractivity contribution in [1.82, 2.24) is 0 Å². The van der Waals surface area contributed by atoms with Crippen LogP contribution in [0.2, 0.25) is 0 Å². The molecule has 0 aromatic heterocycles. The minimum absolute atomic E-state index is 1.04. The number of rotatable bonds is 4. The highest BCUT2D eigenvalue weighted by Gasteiger charge is 1.91. The molecule has 0 aliphatic heterocycles. The lowest BCUT2D eigenvalue weighted by molar-refractivity contribution is 1.08. The van der Waals surface area contributed by atoms with Gasteiger partial charge in [-0.2, -0.15) is 0 Å². The van der Waals surface area contributed by atoms with Gasteiger partial charge in [0.05, 0.1) is 0 Å². The number of hydrogen-bond donors (Lipinski definition) is 0. The highest BCUT2D eigenvalue weighted by molar-refractivity contribution is 5.26. The fourth-order valence-corrected chi connectivity index (χ4v) is 1.06. The maximum absolute atomic E-state index is 3.94. The molecule has 0 N–H and O–H groups in total. The third-order valence-electron chi connectivity index (χ3n) is 1.82. The van der Waals surface area contributed by atoms with E-state index in [2.05, 4.69) is 46.4 Å². The average Bonchev–Trinajstić information content (AvgIpc) is 2.14. The standard InChI is InChI=1S/C12H20.C2H6/c1-6-12(11(4)5)9-7-8-10(2)3;1-2/h8-9H,4,6-7H2,1-3,5H3;1-2H3/b12-9+;. The molecule has 0 fully saturated rings. The summed E-state index contributed by atoms with van der Waals surface area (Å²) in [6.45, 7) is 16.4. The van der Waals surface area contributed by atoms with E-state index in [4.69, 9.17) is 0 Å². The molecule has 0 bridgehead atoms. The van der Waals surface area contributed by atoms with Crippen molar-refractivity contribution in [2.45, 2.75) is 54.4 Å². The van der Waals surface area contributed by atoms with Crippen molar-refractivity contribution in [3.63, 3.8) is 0 Å². The second-order valence-electron chi connectivity index (χ2n) is 3.38. The van der Waals surface area contributed by atoms with Crippen LogP contribution in [0.1, 0.15) is 54.4 Å². The van der Waals surface area contributed by atoms with E-state index in [1.165, 1.54) is 16.7 Å². The molecule has 0 aromatic rings. The van der Waals surface area contributed by atoms with Gasteiger partial charge in [0.15, 0.2) is 0 Å². The molecule has 0 spiro atoms. The normalized spacial score (nSPS) is 10.0. The zero-order valence-electron chi connectivity index (χ0n) is 10.8. The maximum atomic E-state index is 3.94. The third-order valence-corrected chi connectivity index (χ3v) is 1.82. The molecule has 0 saturated carbocycles. The molecule has 0 aliphatic carbocycles. The van der Waals surface area contributed by atoms with E-state index >= 15 is 0 Å². The predicted octanol–water partition coefficient (Wildman–Crippen LogP) is 5.28. The molecule has 0 rings (SSSR count). The zero-order valence-corrected chi connectivity index (χ0v) is 10.8. The van der Waals surface area contributed by atoms with Crippen molar-refractivity contribution in [1.29, 1.82) is 0 Å². The first-order chi connectivity index (χ1) is 6.57. The minimum Gasteiger partial charge on any atom is -0.0958 e. The van der Waals surface area contributed by atoms with E-state index in [0.29, 0.717) is 0 Å². The first-order valence-electron chi connectivity index (χ1n) is 5.56. The van der Waals surface area contributed by atoms with E-state index in [1.54, 1.807) is 0 Å². The lowest BCUT2D eigenvalue weighted by atomic mass is 10.1. The average molecular weight is 194 g/mol. The Balaban J connectivity index is 0. The highest BCUT2D eigenvalue weighted by atomic mass is 14.0. The van der Waals surface area contributed by atoms with Gasteiger partial charge in [0.1, 0.15) is 0 Å². The summed E-state index contributed by atoms with van der Waals surface area (Å²) in [4.78, 5) is 0. The van der Waals surface area contributed by atoms with Crippen LogP contribution in [0.5, 0.6) is 0 Å². The van der Waals surface area contributed by atoms with E-state index in [9.17, 15) is 0 Å². The molecule has 0 aromatic carbocycles. The van der Waals surface area contributed by atoms with Gasteiger partial charge >= 0.3 is 0 Å². The van der Waals surface area contributed by atoms with Crippen molar-refractivity contribution in [2.75, 3.05) is 0 Å². The van der Waals surface area contributed by atoms with Crippen LogP contribution in [0.15, 0.2) is 35.5 Å². The first-order valence-corrected chi connectivity index (χ1v) is 5.56. The van der Waals surface area contributed by atoms with Gasteiger partial charge in [0.2, 0.25) is 0 Å². The van der Waals surface area contributed by atoms with Gasteiger partial charge < -0.3 is 0 Å². The highest BCUT2D eigenvalue weighted by Crippen LogP contribution is 2.12. The Hall–Kier alpha value is -0.780. The number of hydrogen-bond acceptors (Lipinski definition) is 0. The van der Waals surface area contributed by atoms with Gasteiger partial charge in [-0.15, -0.1) is 0 Å². The van der Waals surface area contributed by atoms with Crippen LogP contribution in [0.3, 0.4) is 0 Å². The summed E-state index contributed by atoms with van der Waals surface area (Å²) >= 11 is 0. The monoisotopic (exact) mass is 194 g/mol. The Morgan fingerprint density at radius 1 is 1.07 bits per heavy atom. The Bertz CT molecular complexity index is 200. The largest absolute Gasteiger partial charge is 0.0958 e. The Kier molecular flexibility index (Phi) is 11.5. The fraction of sp³-hybridized carbons (Fsp3) is 0.571. The number of allylic oxidation sites excluding steroid dienone is 5. The molecule has 0 heterocycles. The van der Waals surface area contributed by atoms with Gasteiger partial charge in [-0.1, -0.05) is 50.6 Å². The van der Waals surface area contributed by atoms with E-state index in [-0.39, 0.29) is 0 Å². The van der Waals surface area contributed by atoms with Gasteiger partial charge in [-0.25, -0.2) is 0 Å².